The van der Waals surface area contributed by atoms with Crippen molar-refractivity contribution >= 4 is 17.4 Å². The van der Waals surface area contributed by atoms with Gasteiger partial charge in [0.05, 0.1) is 39.7 Å². The van der Waals surface area contributed by atoms with Crippen LogP contribution in [0.4, 0.5) is 11.5 Å². The highest BCUT2D eigenvalue weighted by atomic mass is 16.5. The molecule has 0 spiro atoms. The maximum absolute atomic E-state index is 12.2. The minimum atomic E-state index is -0.233. The number of methoxy groups -OCH3 is 3. The minimum absolute atomic E-state index is 0.233. The second kappa shape index (κ2) is 8.81. The zero-order valence-corrected chi connectivity index (χ0v) is 15.8. The van der Waals surface area contributed by atoms with Crippen LogP contribution in [0.25, 0.3) is 0 Å². The molecular weight excluding hydrogens is 362 g/mol. The van der Waals surface area contributed by atoms with Crippen molar-refractivity contribution < 1.29 is 23.4 Å². The van der Waals surface area contributed by atoms with Crippen LogP contribution in [0.3, 0.4) is 0 Å². The number of furan rings is 1. The number of aromatic nitrogens is 1. The number of ether oxygens (including phenoxy) is 3. The van der Waals surface area contributed by atoms with E-state index in [9.17, 15) is 4.79 Å². The lowest BCUT2D eigenvalue weighted by atomic mass is 10.2. The highest BCUT2D eigenvalue weighted by Gasteiger charge is 2.14. The lowest BCUT2D eigenvalue weighted by Gasteiger charge is -2.15. The molecule has 0 unspecified atom stereocenters. The monoisotopic (exact) mass is 383 g/mol. The van der Waals surface area contributed by atoms with Crippen molar-refractivity contribution in [3.63, 3.8) is 0 Å². The van der Waals surface area contributed by atoms with Gasteiger partial charge in [-0.2, -0.15) is 0 Å². The molecule has 0 saturated carbocycles. The van der Waals surface area contributed by atoms with Crippen molar-refractivity contribution in [2.45, 2.75) is 6.54 Å². The van der Waals surface area contributed by atoms with Gasteiger partial charge in [-0.15, -0.1) is 0 Å². The number of carbonyl (C=O) groups is 1. The van der Waals surface area contributed by atoms with Gasteiger partial charge in [0, 0.05) is 24.0 Å². The lowest BCUT2D eigenvalue weighted by Crippen LogP contribution is -2.22. The quantitative estimate of drug-likeness (QED) is 0.616. The molecule has 1 aromatic carbocycles. The molecule has 146 valence electrons. The van der Waals surface area contributed by atoms with E-state index >= 15 is 0 Å². The van der Waals surface area contributed by atoms with E-state index < -0.39 is 0 Å². The summed E-state index contributed by atoms with van der Waals surface area (Å²) in [4.78, 5) is 16.5. The number of nitrogens with zero attached hydrogens (tertiary/aromatic N) is 1. The average Bonchev–Trinajstić information content (AvgIpc) is 3.25. The van der Waals surface area contributed by atoms with E-state index in [0.29, 0.717) is 46.6 Å². The summed E-state index contributed by atoms with van der Waals surface area (Å²) in [6, 6.07) is 10.5. The van der Waals surface area contributed by atoms with Gasteiger partial charge in [0.2, 0.25) is 5.75 Å². The molecule has 3 rings (SSSR count). The Morgan fingerprint density at radius 3 is 2.36 bits per heavy atom. The van der Waals surface area contributed by atoms with Crippen LogP contribution >= 0.6 is 0 Å². The molecule has 0 bridgehead atoms. The van der Waals surface area contributed by atoms with E-state index in [1.807, 2.05) is 0 Å². The van der Waals surface area contributed by atoms with Crippen molar-refractivity contribution in [1.82, 2.24) is 10.3 Å². The van der Waals surface area contributed by atoms with E-state index in [4.69, 9.17) is 18.6 Å². The summed E-state index contributed by atoms with van der Waals surface area (Å²) in [5, 5.41) is 5.93. The topological polar surface area (TPSA) is 94.9 Å². The third-order valence-corrected chi connectivity index (χ3v) is 3.97. The minimum Gasteiger partial charge on any atom is -0.493 e. The molecule has 0 radical (unpaired) electrons. The Labute approximate surface area is 162 Å². The molecule has 0 fully saturated rings. The smallest absolute Gasteiger partial charge is 0.253 e. The van der Waals surface area contributed by atoms with Crippen LogP contribution in [0.15, 0.2) is 53.3 Å². The van der Waals surface area contributed by atoms with Gasteiger partial charge in [-0.25, -0.2) is 4.98 Å². The van der Waals surface area contributed by atoms with Crippen LogP contribution < -0.4 is 24.8 Å². The second-order valence-electron chi connectivity index (χ2n) is 5.73. The molecule has 3 aromatic rings. The summed E-state index contributed by atoms with van der Waals surface area (Å²) in [5.41, 5.74) is 1.15. The predicted molar refractivity (Wildman–Crippen MR) is 103 cm³/mol. The molecule has 8 nitrogen and oxygen atoms in total. The van der Waals surface area contributed by atoms with Gasteiger partial charge in [0.1, 0.15) is 11.6 Å². The Balaban J connectivity index is 1.69. The second-order valence-corrected chi connectivity index (χ2v) is 5.73. The third kappa shape index (κ3) is 4.35. The van der Waals surface area contributed by atoms with Gasteiger partial charge in [-0.1, -0.05) is 0 Å². The summed E-state index contributed by atoms with van der Waals surface area (Å²) >= 11 is 0. The zero-order chi connectivity index (χ0) is 19.9. The maximum atomic E-state index is 12.2. The highest BCUT2D eigenvalue weighted by molar-refractivity contribution is 5.94. The van der Waals surface area contributed by atoms with Crippen molar-refractivity contribution in [2.24, 2.45) is 0 Å². The van der Waals surface area contributed by atoms with Crippen LogP contribution in [0, 0.1) is 0 Å². The van der Waals surface area contributed by atoms with Gasteiger partial charge < -0.3 is 29.3 Å². The summed E-state index contributed by atoms with van der Waals surface area (Å²) in [6.07, 6.45) is 3.06. The Bertz CT molecular complexity index is 899. The molecule has 2 N–H and O–H groups in total. The highest BCUT2D eigenvalue weighted by Crippen LogP contribution is 2.40. The van der Waals surface area contributed by atoms with E-state index in [1.54, 1.807) is 64.0 Å². The Morgan fingerprint density at radius 2 is 1.82 bits per heavy atom. The number of nitrogens with one attached hydrogen (secondary N) is 2. The molecule has 0 aliphatic carbocycles. The SMILES string of the molecule is COc1cc(Nc2ccc(C(=O)NCc3ccco3)cn2)cc(OC)c1OC. The first-order valence-corrected chi connectivity index (χ1v) is 8.48. The van der Waals surface area contributed by atoms with Crippen molar-refractivity contribution in [1.29, 1.82) is 0 Å². The van der Waals surface area contributed by atoms with Crippen molar-refractivity contribution in [3.05, 3.63) is 60.2 Å². The molecule has 0 atom stereocenters. The third-order valence-electron chi connectivity index (χ3n) is 3.97. The van der Waals surface area contributed by atoms with E-state index in [0.717, 1.165) is 0 Å². The zero-order valence-electron chi connectivity index (χ0n) is 15.8. The van der Waals surface area contributed by atoms with Crippen molar-refractivity contribution in [3.8, 4) is 17.2 Å². The normalized spacial score (nSPS) is 10.2. The van der Waals surface area contributed by atoms with Crippen LogP contribution in [-0.2, 0) is 6.54 Å². The molecule has 28 heavy (non-hydrogen) atoms. The first-order valence-electron chi connectivity index (χ1n) is 8.48. The van der Waals surface area contributed by atoms with E-state index in [2.05, 4.69) is 15.6 Å². The van der Waals surface area contributed by atoms with E-state index in [-0.39, 0.29) is 5.91 Å². The summed E-state index contributed by atoms with van der Waals surface area (Å²) in [7, 11) is 4.65. The number of benzene rings is 1. The number of carbonyl (C=O) groups excluding carboxylic acids is 1. The number of rotatable bonds is 8. The van der Waals surface area contributed by atoms with Gasteiger partial charge >= 0.3 is 0 Å². The molecule has 1 amide bonds. The van der Waals surface area contributed by atoms with E-state index in [1.165, 1.54) is 6.20 Å². The number of amides is 1. The van der Waals surface area contributed by atoms with Gasteiger partial charge in [0.15, 0.2) is 11.5 Å². The summed E-state index contributed by atoms with van der Waals surface area (Å²) in [5.74, 6) is 2.57. The maximum Gasteiger partial charge on any atom is 0.253 e. The Hall–Kier alpha value is -3.68. The fraction of sp³-hybridized carbons (Fsp3) is 0.200. The molecule has 8 heteroatoms. The first kappa shape index (κ1) is 19.1. The molecular formula is C20H21N3O5. The van der Waals surface area contributed by atoms with Gasteiger partial charge in [-0.3, -0.25) is 4.79 Å². The van der Waals surface area contributed by atoms with Crippen LogP contribution in [0.1, 0.15) is 16.1 Å². The molecule has 0 aliphatic rings. The number of anilines is 2. The van der Waals surface area contributed by atoms with Crippen LogP contribution in [-0.4, -0.2) is 32.2 Å². The Morgan fingerprint density at radius 1 is 1.07 bits per heavy atom. The first-order chi connectivity index (χ1) is 13.6. The molecule has 0 aliphatic heterocycles. The number of pyridine rings is 1. The Kier molecular flexibility index (Phi) is 6.01. The van der Waals surface area contributed by atoms with Crippen LogP contribution in [0.2, 0.25) is 0 Å². The standard InChI is InChI=1S/C20H21N3O5/c1-25-16-9-14(10-17(26-2)19(16)27-3)23-18-7-6-13(11-21-18)20(24)22-12-15-5-4-8-28-15/h4-11H,12H2,1-3H3,(H,21,23)(H,22,24). The largest absolute Gasteiger partial charge is 0.493 e. The molecule has 2 heterocycles. The lowest BCUT2D eigenvalue weighted by molar-refractivity contribution is 0.0947. The number of hydrogen-bond acceptors (Lipinski definition) is 7. The molecule has 0 saturated heterocycles. The van der Waals surface area contributed by atoms with Gasteiger partial charge in [0.25, 0.3) is 5.91 Å². The average molecular weight is 383 g/mol. The van der Waals surface area contributed by atoms with Gasteiger partial charge in [-0.05, 0) is 24.3 Å². The van der Waals surface area contributed by atoms with Crippen LogP contribution in [0.5, 0.6) is 17.2 Å². The number of hydrogen-bond donors (Lipinski definition) is 2. The summed E-state index contributed by atoms with van der Waals surface area (Å²) in [6.45, 7) is 0.317. The fourth-order valence-corrected chi connectivity index (χ4v) is 2.59. The van der Waals surface area contributed by atoms with Crippen molar-refractivity contribution in [2.75, 3.05) is 26.6 Å². The predicted octanol–water partition coefficient (Wildman–Crippen LogP) is 3.37. The summed E-state index contributed by atoms with van der Waals surface area (Å²) < 4.78 is 21.2. The fourth-order valence-electron chi connectivity index (χ4n) is 2.59. The molecule has 2 aromatic heterocycles.